The van der Waals surface area contributed by atoms with Crippen LogP contribution in [0.1, 0.15) is 12.8 Å². The Kier molecular flexibility index (Phi) is 2.91. The molecule has 0 aromatic heterocycles. The Balaban J connectivity index is 1.92. The number of carbonyl (C=O) groups excluding carboxylic acids is 3. The van der Waals surface area contributed by atoms with E-state index in [1.807, 2.05) is 0 Å². The molecule has 1 unspecified atom stereocenters. The standard InChI is InChI=1S/C10H15N3O3/c1-13-8(14)3-2-7(10(13)16)12-9(15)6-4-11-5-6/h6-7,11H,2-5H2,1H3,(H,12,15). The van der Waals surface area contributed by atoms with Gasteiger partial charge in [0.2, 0.25) is 11.8 Å². The third kappa shape index (κ3) is 1.92. The van der Waals surface area contributed by atoms with Crippen molar-refractivity contribution in [3.8, 4) is 0 Å². The monoisotopic (exact) mass is 225 g/mol. The van der Waals surface area contributed by atoms with Crippen LogP contribution in [0.2, 0.25) is 0 Å². The first-order chi connectivity index (χ1) is 7.59. The van der Waals surface area contributed by atoms with Gasteiger partial charge in [-0.15, -0.1) is 0 Å². The second kappa shape index (κ2) is 4.21. The molecule has 0 bridgehead atoms. The second-order valence-electron chi connectivity index (χ2n) is 4.25. The van der Waals surface area contributed by atoms with Crippen LogP contribution in [0.3, 0.4) is 0 Å². The Hall–Kier alpha value is -1.43. The van der Waals surface area contributed by atoms with E-state index >= 15 is 0 Å². The third-order valence-electron chi connectivity index (χ3n) is 3.12. The first-order valence-electron chi connectivity index (χ1n) is 5.41. The van der Waals surface area contributed by atoms with E-state index < -0.39 is 6.04 Å². The molecule has 0 aromatic rings. The highest BCUT2D eigenvalue weighted by atomic mass is 16.2. The topological polar surface area (TPSA) is 78.5 Å². The molecule has 2 aliphatic rings. The first kappa shape index (κ1) is 11.1. The summed E-state index contributed by atoms with van der Waals surface area (Å²) in [6, 6.07) is -0.532. The summed E-state index contributed by atoms with van der Waals surface area (Å²) in [6.07, 6.45) is 0.726. The lowest BCUT2D eigenvalue weighted by molar-refractivity contribution is -0.149. The number of hydrogen-bond donors (Lipinski definition) is 2. The van der Waals surface area contributed by atoms with Gasteiger partial charge in [0.25, 0.3) is 5.91 Å². The van der Waals surface area contributed by atoms with E-state index in [1.165, 1.54) is 7.05 Å². The smallest absolute Gasteiger partial charge is 0.251 e. The molecule has 2 rings (SSSR count). The Labute approximate surface area is 93.4 Å². The zero-order chi connectivity index (χ0) is 11.7. The van der Waals surface area contributed by atoms with Crippen molar-refractivity contribution in [2.24, 2.45) is 5.92 Å². The Morgan fingerprint density at radius 3 is 2.69 bits per heavy atom. The van der Waals surface area contributed by atoms with Crippen molar-refractivity contribution in [2.75, 3.05) is 20.1 Å². The molecule has 0 spiro atoms. The lowest BCUT2D eigenvalue weighted by Crippen LogP contribution is -2.57. The zero-order valence-corrected chi connectivity index (χ0v) is 9.16. The number of hydrogen-bond acceptors (Lipinski definition) is 4. The number of nitrogens with one attached hydrogen (secondary N) is 2. The van der Waals surface area contributed by atoms with Crippen LogP contribution < -0.4 is 10.6 Å². The highest BCUT2D eigenvalue weighted by molar-refractivity contribution is 6.01. The summed E-state index contributed by atoms with van der Waals surface area (Å²) in [5.41, 5.74) is 0. The van der Waals surface area contributed by atoms with Gasteiger partial charge in [0.15, 0.2) is 0 Å². The van der Waals surface area contributed by atoms with Gasteiger partial charge in [0.1, 0.15) is 6.04 Å². The van der Waals surface area contributed by atoms with Crippen molar-refractivity contribution in [3.05, 3.63) is 0 Å². The van der Waals surface area contributed by atoms with E-state index in [1.54, 1.807) is 0 Å². The molecule has 2 fully saturated rings. The molecule has 0 radical (unpaired) electrons. The van der Waals surface area contributed by atoms with Crippen molar-refractivity contribution < 1.29 is 14.4 Å². The van der Waals surface area contributed by atoms with Gasteiger partial charge < -0.3 is 10.6 Å². The largest absolute Gasteiger partial charge is 0.344 e. The van der Waals surface area contributed by atoms with Crippen molar-refractivity contribution in [3.63, 3.8) is 0 Å². The van der Waals surface area contributed by atoms with Crippen LogP contribution >= 0.6 is 0 Å². The van der Waals surface area contributed by atoms with Crippen molar-refractivity contribution in [1.29, 1.82) is 0 Å². The number of likely N-dealkylation sites (N-methyl/N-ethyl adjacent to an activating group) is 1. The van der Waals surface area contributed by atoms with E-state index in [9.17, 15) is 14.4 Å². The molecule has 88 valence electrons. The van der Waals surface area contributed by atoms with Gasteiger partial charge in [-0.1, -0.05) is 0 Å². The molecule has 6 nitrogen and oxygen atoms in total. The number of piperidine rings is 1. The summed E-state index contributed by atoms with van der Waals surface area (Å²) < 4.78 is 0. The van der Waals surface area contributed by atoms with Crippen LogP contribution in [-0.2, 0) is 14.4 Å². The molecule has 2 N–H and O–H groups in total. The zero-order valence-electron chi connectivity index (χ0n) is 9.16. The fourth-order valence-corrected chi connectivity index (χ4v) is 1.81. The normalized spacial score (nSPS) is 26.6. The van der Waals surface area contributed by atoms with Gasteiger partial charge in [-0.05, 0) is 6.42 Å². The molecule has 6 heteroatoms. The number of amides is 3. The number of likely N-dealkylation sites (tertiary alicyclic amines) is 1. The second-order valence-corrected chi connectivity index (χ2v) is 4.25. The van der Waals surface area contributed by atoms with Gasteiger partial charge >= 0.3 is 0 Å². The highest BCUT2D eigenvalue weighted by Gasteiger charge is 2.35. The van der Waals surface area contributed by atoms with Crippen LogP contribution in [0.4, 0.5) is 0 Å². The molecular formula is C10H15N3O3. The molecule has 2 aliphatic heterocycles. The van der Waals surface area contributed by atoms with E-state index in [-0.39, 0.29) is 23.6 Å². The van der Waals surface area contributed by atoms with Crippen LogP contribution in [0.15, 0.2) is 0 Å². The molecule has 16 heavy (non-hydrogen) atoms. The Morgan fingerprint density at radius 1 is 1.44 bits per heavy atom. The molecule has 0 aromatic carbocycles. The van der Waals surface area contributed by atoms with Crippen LogP contribution in [0.5, 0.6) is 0 Å². The molecule has 0 aliphatic carbocycles. The minimum atomic E-state index is -0.532. The van der Waals surface area contributed by atoms with Crippen molar-refractivity contribution >= 4 is 17.7 Å². The number of imide groups is 1. The Morgan fingerprint density at radius 2 is 2.12 bits per heavy atom. The molecular weight excluding hydrogens is 210 g/mol. The van der Waals surface area contributed by atoms with E-state index in [2.05, 4.69) is 10.6 Å². The summed E-state index contributed by atoms with van der Waals surface area (Å²) in [5, 5.41) is 5.70. The van der Waals surface area contributed by atoms with Gasteiger partial charge in [-0.2, -0.15) is 0 Å². The maximum Gasteiger partial charge on any atom is 0.251 e. The quantitative estimate of drug-likeness (QED) is 0.559. The lowest BCUT2D eigenvalue weighted by Gasteiger charge is -2.31. The van der Waals surface area contributed by atoms with Gasteiger partial charge in [0.05, 0.1) is 5.92 Å². The fourth-order valence-electron chi connectivity index (χ4n) is 1.81. The molecule has 3 amide bonds. The number of carbonyl (C=O) groups is 3. The SMILES string of the molecule is CN1C(=O)CCC(NC(=O)C2CNC2)C1=O. The van der Waals surface area contributed by atoms with E-state index in [4.69, 9.17) is 0 Å². The number of rotatable bonds is 2. The average molecular weight is 225 g/mol. The van der Waals surface area contributed by atoms with E-state index in [0.29, 0.717) is 25.9 Å². The van der Waals surface area contributed by atoms with Crippen molar-refractivity contribution in [1.82, 2.24) is 15.5 Å². The third-order valence-corrected chi connectivity index (χ3v) is 3.12. The predicted molar refractivity (Wildman–Crippen MR) is 55.3 cm³/mol. The summed E-state index contributed by atoms with van der Waals surface area (Å²) >= 11 is 0. The first-order valence-corrected chi connectivity index (χ1v) is 5.41. The minimum Gasteiger partial charge on any atom is -0.344 e. The molecule has 2 heterocycles. The molecule has 2 saturated heterocycles. The predicted octanol–water partition coefficient (Wildman–Crippen LogP) is -1.53. The Bertz CT molecular complexity index is 338. The summed E-state index contributed by atoms with van der Waals surface area (Å²) in [7, 11) is 1.45. The highest BCUT2D eigenvalue weighted by Crippen LogP contribution is 2.12. The van der Waals surface area contributed by atoms with Crippen LogP contribution in [0, 0.1) is 5.92 Å². The maximum absolute atomic E-state index is 11.7. The van der Waals surface area contributed by atoms with Crippen LogP contribution in [0.25, 0.3) is 0 Å². The van der Waals surface area contributed by atoms with Gasteiger partial charge in [-0.25, -0.2) is 0 Å². The van der Waals surface area contributed by atoms with Gasteiger partial charge in [0, 0.05) is 26.6 Å². The van der Waals surface area contributed by atoms with Crippen molar-refractivity contribution in [2.45, 2.75) is 18.9 Å². The fraction of sp³-hybridized carbons (Fsp3) is 0.700. The van der Waals surface area contributed by atoms with Gasteiger partial charge in [-0.3, -0.25) is 19.3 Å². The maximum atomic E-state index is 11.7. The minimum absolute atomic E-state index is 0.0317. The van der Waals surface area contributed by atoms with Crippen LogP contribution in [-0.4, -0.2) is 48.8 Å². The summed E-state index contributed by atoms with van der Waals surface area (Å²) in [5.74, 6) is -0.617. The van der Waals surface area contributed by atoms with E-state index in [0.717, 1.165) is 4.90 Å². The number of nitrogens with zero attached hydrogens (tertiary/aromatic N) is 1. The molecule has 1 atom stereocenters. The molecule has 0 saturated carbocycles. The lowest BCUT2D eigenvalue weighted by atomic mass is 9.99. The summed E-state index contributed by atoms with van der Waals surface area (Å²) in [4.78, 5) is 35.6. The average Bonchev–Trinajstić information content (AvgIpc) is 2.16. The summed E-state index contributed by atoms with van der Waals surface area (Å²) in [6.45, 7) is 1.34.